The molecule has 0 aliphatic carbocycles. The molecule has 4 nitrogen and oxygen atoms in total. The highest BCUT2D eigenvalue weighted by atomic mass is 35.5. The lowest BCUT2D eigenvalue weighted by atomic mass is 9.93. The molecule has 1 aliphatic rings. The van der Waals surface area contributed by atoms with Gasteiger partial charge in [0.2, 0.25) is 0 Å². The molecule has 2 aromatic carbocycles. The number of amides is 1. The van der Waals surface area contributed by atoms with Gasteiger partial charge < -0.3 is 4.90 Å². The van der Waals surface area contributed by atoms with Crippen LogP contribution in [0.15, 0.2) is 42.5 Å². The van der Waals surface area contributed by atoms with Gasteiger partial charge in [0.05, 0.1) is 21.8 Å². The minimum Gasteiger partial charge on any atom is -0.321 e. The van der Waals surface area contributed by atoms with Crippen molar-refractivity contribution in [2.75, 3.05) is 0 Å². The normalized spacial score (nSPS) is 16.6. The van der Waals surface area contributed by atoms with Crippen LogP contribution in [-0.4, -0.2) is 26.5 Å². The molecule has 0 saturated carbocycles. The van der Waals surface area contributed by atoms with Crippen LogP contribution in [-0.2, 0) is 0 Å². The molecule has 144 valence electrons. The number of carbonyl (C=O) groups is 1. The summed E-state index contributed by atoms with van der Waals surface area (Å²) in [5.74, 6) is -0.0914. The molecule has 0 saturated heterocycles. The lowest BCUT2D eigenvalue weighted by molar-refractivity contribution is 0.0546. The maximum Gasteiger partial charge on any atom is 0.273 e. The summed E-state index contributed by atoms with van der Waals surface area (Å²) in [4.78, 5) is 15.1. The van der Waals surface area contributed by atoms with Gasteiger partial charge in [0.25, 0.3) is 5.91 Å². The second kappa shape index (κ2) is 6.80. The Bertz CT molecular complexity index is 1070. The number of nitrogens with one attached hydrogen (secondary N) is 1. The summed E-state index contributed by atoms with van der Waals surface area (Å²) in [5, 5.41) is 8.96. The van der Waals surface area contributed by atoms with E-state index in [2.05, 4.69) is 10.2 Å². The Kier molecular flexibility index (Phi) is 4.69. The number of rotatable bonds is 2. The molecule has 1 N–H and O–H groups in total. The number of hydrogen-bond donors (Lipinski definition) is 1. The van der Waals surface area contributed by atoms with E-state index in [-0.39, 0.29) is 11.9 Å². The Hall–Kier alpha value is -2.01. The number of benzene rings is 2. The lowest BCUT2D eigenvalue weighted by Gasteiger charge is -2.37. The van der Waals surface area contributed by atoms with Gasteiger partial charge in [-0.05, 0) is 50.6 Å². The molecular formula is C21H18Cl3N3O. The SMILES string of the molecule is CC(C)(C)N1C(=O)c2[nH]nc(-c3ccc(Cl)cc3)c2C1c1ccc(Cl)c(Cl)c1. The summed E-state index contributed by atoms with van der Waals surface area (Å²) >= 11 is 18.4. The molecule has 1 aromatic heterocycles. The predicted molar refractivity (Wildman–Crippen MR) is 113 cm³/mol. The second-order valence-electron chi connectivity index (χ2n) is 7.79. The van der Waals surface area contributed by atoms with Crippen LogP contribution >= 0.6 is 34.8 Å². The quantitative estimate of drug-likeness (QED) is 0.508. The number of aromatic nitrogens is 2. The Morgan fingerprint density at radius 3 is 2.29 bits per heavy atom. The second-order valence-corrected chi connectivity index (χ2v) is 9.04. The van der Waals surface area contributed by atoms with Gasteiger partial charge in [-0.15, -0.1) is 0 Å². The Morgan fingerprint density at radius 1 is 1.00 bits per heavy atom. The first-order chi connectivity index (χ1) is 13.2. The molecule has 3 aromatic rings. The van der Waals surface area contributed by atoms with Crippen LogP contribution in [0.25, 0.3) is 11.3 Å². The summed E-state index contributed by atoms with van der Waals surface area (Å²) in [5.41, 5.74) is 3.41. The van der Waals surface area contributed by atoms with Gasteiger partial charge in [0.1, 0.15) is 5.69 Å². The smallest absolute Gasteiger partial charge is 0.273 e. The number of fused-ring (bicyclic) bond motifs is 1. The molecule has 1 amide bonds. The number of hydrogen-bond acceptors (Lipinski definition) is 2. The van der Waals surface area contributed by atoms with Crippen molar-refractivity contribution in [2.24, 2.45) is 0 Å². The zero-order valence-electron chi connectivity index (χ0n) is 15.6. The van der Waals surface area contributed by atoms with Gasteiger partial charge >= 0.3 is 0 Å². The van der Waals surface area contributed by atoms with Crippen molar-refractivity contribution in [3.8, 4) is 11.3 Å². The summed E-state index contributed by atoms with van der Waals surface area (Å²) in [7, 11) is 0. The first-order valence-electron chi connectivity index (χ1n) is 8.81. The molecule has 28 heavy (non-hydrogen) atoms. The van der Waals surface area contributed by atoms with E-state index in [1.807, 2.05) is 62.1 Å². The fraction of sp³-hybridized carbons (Fsp3) is 0.238. The fourth-order valence-corrected chi connectivity index (χ4v) is 4.10. The molecule has 2 heterocycles. The van der Waals surface area contributed by atoms with E-state index < -0.39 is 5.54 Å². The molecule has 0 fully saturated rings. The third-order valence-electron chi connectivity index (χ3n) is 4.87. The van der Waals surface area contributed by atoms with Gasteiger partial charge in [-0.1, -0.05) is 53.0 Å². The number of H-pyrrole nitrogens is 1. The molecule has 0 spiro atoms. The number of nitrogens with zero attached hydrogens (tertiary/aromatic N) is 2. The van der Waals surface area contributed by atoms with Gasteiger partial charge in [0.15, 0.2) is 0 Å². The first kappa shape index (κ1) is 19.3. The van der Waals surface area contributed by atoms with E-state index in [0.29, 0.717) is 20.8 Å². The molecule has 1 unspecified atom stereocenters. The van der Waals surface area contributed by atoms with Crippen molar-refractivity contribution >= 4 is 40.7 Å². The third kappa shape index (κ3) is 3.10. The average molecular weight is 435 g/mol. The number of halogens is 3. The Balaban J connectivity index is 1.95. The highest BCUT2D eigenvalue weighted by Gasteiger charge is 2.46. The van der Waals surface area contributed by atoms with Gasteiger partial charge in [-0.2, -0.15) is 5.10 Å². The largest absolute Gasteiger partial charge is 0.321 e. The Morgan fingerprint density at radius 2 is 1.68 bits per heavy atom. The lowest BCUT2D eigenvalue weighted by Crippen LogP contribution is -2.44. The van der Waals surface area contributed by atoms with Gasteiger partial charge in [-0.3, -0.25) is 9.89 Å². The summed E-state index contributed by atoms with van der Waals surface area (Å²) in [6, 6.07) is 12.6. The molecule has 0 radical (unpaired) electrons. The summed E-state index contributed by atoms with van der Waals surface area (Å²) in [6.45, 7) is 6.03. The first-order valence-corrected chi connectivity index (χ1v) is 9.94. The highest BCUT2D eigenvalue weighted by molar-refractivity contribution is 6.42. The van der Waals surface area contributed by atoms with Crippen LogP contribution in [0.3, 0.4) is 0 Å². The summed E-state index contributed by atoms with van der Waals surface area (Å²) in [6.07, 6.45) is 0. The van der Waals surface area contributed by atoms with E-state index in [9.17, 15) is 4.79 Å². The predicted octanol–water partition coefficient (Wildman–Crippen LogP) is 6.38. The zero-order valence-corrected chi connectivity index (χ0v) is 17.8. The maximum atomic E-state index is 13.3. The molecular weight excluding hydrogens is 417 g/mol. The zero-order chi connectivity index (χ0) is 20.2. The van der Waals surface area contributed by atoms with Crippen molar-refractivity contribution in [3.63, 3.8) is 0 Å². The van der Waals surface area contributed by atoms with Gasteiger partial charge in [-0.25, -0.2) is 0 Å². The fourth-order valence-electron chi connectivity index (χ4n) is 3.66. The third-order valence-corrected chi connectivity index (χ3v) is 5.86. The van der Waals surface area contributed by atoms with E-state index in [4.69, 9.17) is 34.8 Å². The molecule has 1 aliphatic heterocycles. The van der Waals surface area contributed by atoms with Crippen molar-refractivity contribution in [2.45, 2.75) is 32.4 Å². The molecule has 7 heteroatoms. The number of aromatic amines is 1. The van der Waals surface area contributed by atoms with Crippen molar-refractivity contribution in [1.82, 2.24) is 15.1 Å². The van der Waals surface area contributed by atoms with E-state index in [0.717, 1.165) is 22.4 Å². The minimum atomic E-state index is -0.412. The molecule has 4 rings (SSSR count). The van der Waals surface area contributed by atoms with E-state index >= 15 is 0 Å². The number of carbonyl (C=O) groups excluding carboxylic acids is 1. The standard InChI is InChI=1S/C21H18Cl3N3O/c1-21(2,3)27-19(12-6-9-14(23)15(24)10-12)16-17(25-26-18(16)20(27)28)11-4-7-13(22)8-5-11/h4-10,19H,1-3H3,(H,25,26). The highest BCUT2D eigenvalue weighted by Crippen LogP contribution is 2.46. The van der Waals surface area contributed by atoms with E-state index in [1.165, 1.54) is 0 Å². The van der Waals surface area contributed by atoms with Crippen molar-refractivity contribution in [1.29, 1.82) is 0 Å². The molecule has 1 atom stereocenters. The van der Waals surface area contributed by atoms with Crippen LogP contribution in [0.1, 0.15) is 48.4 Å². The average Bonchev–Trinajstić information content (AvgIpc) is 3.17. The minimum absolute atomic E-state index is 0.0914. The van der Waals surface area contributed by atoms with Crippen molar-refractivity contribution in [3.05, 3.63) is 74.4 Å². The topological polar surface area (TPSA) is 49.0 Å². The van der Waals surface area contributed by atoms with Crippen LogP contribution in [0.4, 0.5) is 0 Å². The molecule has 0 bridgehead atoms. The van der Waals surface area contributed by atoms with Crippen LogP contribution in [0.5, 0.6) is 0 Å². The van der Waals surface area contributed by atoms with Crippen molar-refractivity contribution < 1.29 is 4.79 Å². The van der Waals surface area contributed by atoms with Crippen LogP contribution < -0.4 is 0 Å². The van der Waals surface area contributed by atoms with Crippen LogP contribution in [0, 0.1) is 0 Å². The maximum absolute atomic E-state index is 13.3. The van der Waals surface area contributed by atoms with Gasteiger partial charge in [0, 0.05) is 21.7 Å². The van der Waals surface area contributed by atoms with Crippen LogP contribution in [0.2, 0.25) is 15.1 Å². The monoisotopic (exact) mass is 433 g/mol. The summed E-state index contributed by atoms with van der Waals surface area (Å²) < 4.78 is 0. The Labute approximate surface area is 178 Å². The van der Waals surface area contributed by atoms with E-state index in [1.54, 1.807) is 6.07 Å².